The number of anilines is 2. The molecule has 176 valence electrons. The summed E-state index contributed by atoms with van der Waals surface area (Å²) in [7, 11) is 0. The summed E-state index contributed by atoms with van der Waals surface area (Å²) in [5.74, 6) is 0.468. The average Bonchev–Trinajstić information content (AvgIpc) is 3.22. The molecule has 0 spiro atoms. The molecule has 1 atom stereocenters. The van der Waals surface area contributed by atoms with Crippen LogP contribution in [0.25, 0.3) is 0 Å². The highest BCUT2D eigenvalue weighted by atomic mass is 16.2. The monoisotopic (exact) mass is 447 g/mol. The first kappa shape index (κ1) is 23.5. The maximum atomic E-state index is 13.0. The summed E-state index contributed by atoms with van der Waals surface area (Å²) in [6.07, 6.45) is 4.54. The maximum Gasteiger partial charge on any atom is 0.229 e. The van der Waals surface area contributed by atoms with Crippen molar-refractivity contribution in [2.24, 2.45) is 11.8 Å². The predicted octanol–water partition coefficient (Wildman–Crippen LogP) is 5.03. The van der Waals surface area contributed by atoms with E-state index in [1.165, 1.54) is 29.5 Å². The number of amides is 2. The minimum absolute atomic E-state index is 0.0388. The van der Waals surface area contributed by atoms with E-state index in [0.717, 1.165) is 49.8 Å². The van der Waals surface area contributed by atoms with Crippen LogP contribution >= 0.6 is 0 Å². The second-order valence-electron chi connectivity index (χ2n) is 9.68. The van der Waals surface area contributed by atoms with E-state index < -0.39 is 0 Å². The molecular weight excluding hydrogens is 410 g/mol. The number of benzene rings is 2. The Balaban J connectivity index is 1.37. The van der Waals surface area contributed by atoms with Crippen LogP contribution in [-0.4, -0.2) is 36.3 Å². The Bertz CT molecular complexity index is 955. The van der Waals surface area contributed by atoms with Gasteiger partial charge in [0.05, 0.1) is 5.92 Å². The molecule has 0 bridgehead atoms. The van der Waals surface area contributed by atoms with Gasteiger partial charge < -0.3 is 10.2 Å². The molecule has 5 nitrogen and oxygen atoms in total. The Hall–Kier alpha value is -2.66. The number of carbonyl (C=O) groups excluding carboxylic acids is 2. The molecule has 0 saturated carbocycles. The number of para-hydroxylation sites is 1. The fourth-order valence-electron chi connectivity index (χ4n) is 5.08. The van der Waals surface area contributed by atoms with Gasteiger partial charge in [-0.25, -0.2) is 0 Å². The first-order chi connectivity index (χ1) is 16.0. The maximum absolute atomic E-state index is 13.0. The molecule has 33 heavy (non-hydrogen) atoms. The van der Waals surface area contributed by atoms with Crippen molar-refractivity contribution >= 4 is 23.2 Å². The van der Waals surface area contributed by atoms with Crippen LogP contribution < -0.4 is 10.2 Å². The summed E-state index contributed by atoms with van der Waals surface area (Å²) < 4.78 is 0. The van der Waals surface area contributed by atoms with Crippen molar-refractivity contribution in [1.82, 2.24) is 4.90 Å². The SMILES string of the molecule is CCc1cccc(CC)c1N1CC(C(=O)Nc2ccc(CN3CCC(C)CC3)cc2)CC1=O. The Morgan fingerprint density at radius 1 is 1.00 bits per heavy atom. The van der Waals surface area contributed by atoms with E-state index in [1.54, 1.807) is 0 Å². The molecule has 2 aliphatic heterocycles. The van der Waals surface area contributed by atoms with Crippen molar-refractivity contribution < 1.29 is 9.59 Å². The summed E-state index contributed by atoms with van der Waals surface area (Å²) in [5.41, 5.74) is 5.42. The zero-order valence-electron chi connectivity index (χ0n) is 20.3. The summed E-state index contributed by atoms with van der Waals surface area (Å²) in [4.78, 5) is 30.2. The molecule has 2 heterocycles. The van der Waals surface area contributed by atoms with Crippen molar-refractivity contribution in [2.75, 3.05) is 29.9 Å². The molecule has 2 aromatic carbocycles. The van der Waals surface area contributed by atoms with Gasteiger partial charge >= 0.3 is 0 Å². The number of nitrogens with one attached hydrogen (secondary N) is 1. The lowest BCUT2D eigenvalue weighted by atomic mass is 9.99. The minimum atomic E-state index is -0.331. The van der Waals surface area contributed by atoms with E-state index in [4.69, 9.17) is 0 Å². The van der Waals surface area contributed by atoms with E-state index in [2.05, 4.69) is 61.3 Å². The zero-order valence-corrected chi connectivity index (χ0v) is 20.3. The lowest BCUT2D eigenvalue weighted by Gasteiger charge is -2.30. The minimum Gasteiger partial charge on any atom is -0.326 e. The summed E-state index contributed by atoms with van der Waals surface area (Å²) in [6, 6.07) is 14.4. The third kappa shape index (κ3) is 5.47. The molecule has 1 unspecified atom stereocenters. The normalized spacial score (nSPS) is 19.8. The Kier molecular flexibility index (Phi) is 7.49. The van der Waals surface area contributed by atoms with Crippen LogP contribution in [0.2, 0.25) is 0 Å². The molecule has 4 rings (SSSR count). The number of hydrogen-bond donors (Lipinski definition) is 1. The zero-order chi connectivity index (χ0) is 23.4. The topological polar surface area (TPSA) is 52.7 Å². The fraction of sp³-hybridized carbons (Fsp3) is 0.500. The van der Waals surface area contributed by atoms with Crippen molar-refractivity contribution in [3.63, 3.8) is 0 Å². The standard InChI is InChI=1S/C28H37N3O2/c1-4-22-7-6-8-23(5-2)27(22)31-19-24(17-26(31)32)28(33)29-25-11-9-21(10-12-25)18-30-15-13-20(3)14-16-30/h6-12,20,24H,4-5,13-19H2,1-3H3,(H,29,33). The number of piperidine rings is 1. The number of hydrogen-bond acceptors (Lipinski definition) is 3. The first-order valence-electron chi connectivity index (χ1n) is 12.5. The van der Waals surface area contributed by atoms with Crippen LogP contribution in [0.4, 0.5) is 11.4 Å². The molecule has 2 aromatic rings. The van der Waals surface area contributed by atoms with Crippen LogP contribution in [0.5, 0.6) is 0 Å². The third-order valence-electron chi connectivity index (χ3n) is 7.23. The molecule has 2 amide bonds. The van der Waals surface area contributed by atoms with Crippen molar-refractivity contribution in [1.29, 1.82) is 0 Å². The Morgan fingerprint density at radius 3 is 2.24 bits per heavy atom. The van der Waals surface area contributed by atoms with Gasteiger partial charge in [0.25, 0.3) is 0 Å². The second kappa shape index (κ2) is 10.5. The molecular formula is C28H37N3O2. The van der Waals surface area contributed by atoms with Gasteiger partial charge in [-0.3, -0.25) is 14.5 Å². The van der Waals surface area contributed by atoms with E-state index in [9.17, 15) is 9.59 Å². The number of rotatable bonds is 7. The average molecular weight is 448 g/mol. The summed E-state index contributed by atoms with van der Waals surface area (Å²) >= 11 is 0. The quantitative estimate of drug-likeness (QED) is 0.647. The van der Waals surface area contributed by atoms with Crippen molar-refractivity contribution in [3.05, 3.63) is 59.2 Å². The molecule has 0 aromatic heterocycles. The van der Waals surface area contributed by atoms with Crippen LogP contribution in [0, 0.1) is 11.8 Å². The van der Waals surface area contributed by atoms with Gasteiger partial charge in [-0.15, -0.1) is 0 Å². The van der Waals surface area contributed by atoms with E-state index in [1.807, 2.05) is 17.0 Å². The van der Waals surface area contributed by atoms with Gasteiger partial charge in [-0.1, -0.05) is 51.1 Å². The van der Waals surface area contributed by atoms with Crippen molar-refractivity contribution in [2.45, 2.75) is 59.4 Å². The van der Waals surface area contributed by atoms with Gasteiger partial charge in [0.15, 0.2) is 0 Å². The van der Waals surface area contributed by atoms with Gasteiger partial charge in [0.1, 0.15) is 0 Å². The van der Waals surface area contributed by atoms with Crippen molar-refractivity contribution in [3.8, 4) is 0 Å². The summed E-state index contributed by atoms with van der Waals surface area (Å²) in [5, 5.41) is 3.04. The number of likely N-dealkylation sites (tertiary alicyclic amines) is 1. The molecule has 0 radical (unpaired) electrons. The molecule has 2 fully saturated rings. The molecule has 2 saturated heterocycles. The van der Waals surface area contributed by atoms with Crippen LogP contribution in [0.15, 0.2) is 42.5 Å². The van der Waals surface area contributed by atoms with E-state index in [0.29, 0.717) is 6.54 Å². The number of aryl methyl sites for hydroxylation is 2. The fourth-order valence-corrected chi connectivity index (χ4v) is 5.08. The molecule has 5 heteroatoms. The van der Waals surface area contributed by atoms with Crippen LogP contribution in [0.1, 0.15) is 56.7 Å². The Morgan fingerprint density at radius 2 is 1.64 bits per heavy atom. The van der Waals surface area contributed by atoms with Gasteiger partial charge in [0.2, 0.25) is 11.8 Å². The first-order valence-corrected chi connectivity index (χ1v) is 12.5. The molecule has 2 aliphatic rings. The van der Waals surface area contributed by atoms with E-state index in [-0.39, 0.29) is 24.2 Å². The summed E-state index contributed by atoms with van der Waals surface area (Å²) in [6.45, 7) is 10.3. The highest BCUT2D eigenvalue weighted by molar-refractivity contribution is 6.04. The van der Waals surface area contributed by atoms with Gasteiger partial charge in [-0.2, -0.15) is 0 Å². The van der Waals surface area contributed by atoms with Gasteiger partial charge in [-0.05, 0) is 73.5 Å². The van der Waals surface area contributed by atoms with Crippen LogP contribution in [0.3, 0.4) is 0 Å². The number of nitrogens with zero attached hydrogens (tertiary/aromatic N) is 2. The Labute approximate surface area is 198 Å². The predicted molar refractivity (Wildman–Crippen MR) is 134 cm³/mol. The molecule has 1 N–H and O–H groups in total. The number of carbonyl (C=O) groups is 2. The highest BCUT2D eigenvalue weighted by Crippen LogP contribution is 2.33. The smallest absolute Gasteiger partial charge is 0.229 e. The van der Waals surface area contributed by atoms with E-state index >= 15 is 0 Å². The van der Waals surface area contributed by atoms with Crippen LogP contribution in [-0.2, 0) is 29.0 Å². The second-order valence-corrected chi connectivity index (χ2v) is 9.68. The largest absolute Gasteiger partial charge is 0.326 e. The highest BCUT2D eigenvalue weighted by Gasteiger charge is 2.36. The lowest BCUT2D eigenvalue weighted by molar-refractivity contribution is -0.122. The van der Waals surface area contributed by atoms with Gasteiger partial charge in [0, 0.05) is 30.9 Å². The molecule has 0 aliphatic carbocycles. The lowest BCUT2D eigenvalue weighted by Crippen LogP contribution is -2.32. The third-order valence-corrected chi connectivity index (χ3v) is 7.23.